The Morgan fingerprint density at radius 2 is 2.19 bits per heavy atom. The molecule has 0 bridgehead atoms. The van der Waals surface area contributed by atoms with E-state index in [0.29, 0.717) is 0 Å². The van der Waals surface area contributed by atoms with Gasteiger partial charge in [-0.25, -0.2) is 0 Å². The van der Waals surface area contributed by atoms with Crippen LogP contribution in [0.15, 0.2) is 30.5 Å². The number of hydrogen-bond donors (Lipinski definition) is 1. The number of nitrogens with zero attached hydrogens (tertiary/aromatic N) is 1. The van der Waals surface area contributed by atoms with Crippen molar-refractivity contribution in [1.29, 1.82) is 0 Å². The highest BCUT2D eigenvalue weighted by molar-refractivity contribution is 6.35. The first-order chi connectivity index (χ1) is 10.2. The van der Waals surface area contributed by atoms with Gasteiger partial charge in [-0.1, -0.05) is 37.4 Å². The quantitative estimate of drug-likeness (QED) is 0.877. The van der Waals surface area contributed by atoms with Crippen LogP contribution in [0.3, 0.4) is 0 Å². The standard InChI is InChI=1S/C18H23ClN2/c1-13-4-2-5-14(10-13)11-20-12-15-7-8-17(19)16-6-3-9-21-18(15)16/h3,6-9,13-14,20H,2,4-5,10-12H2,1H3. The van der Waals surface area contributed by atoms with Crippen LogP contribution in [0.5, 0.6) is 0 Å². The van der Waals surface area contributed by atoms with Crippen LogP contribution >= 0.6 is 11.6 Å². The molecule has 0 amide bonds. The Labute approximate surface area is 131 Å². The third-order valence-corrected chi connectivity index (χ3v) is 4.92. The van der Waals surface area contributed by atoms with Gasteiger partial charge in [-0.15, -0.1) is 0 Å². The highest BCUT2D eigenvalue weighted by Crippen LogP contribution is 2.28. The first-order valence-corrected chi connectivity index (χ1v) is 8.34. The minimum atomic E-state index is 0.781. The first kappa shape index (κ1) is 14.8. The lowest BCUT2D eigenvalue weighted by Crippen LogP contribution is -2.26. The zero-order valence-corrected chi connectivity index (χ0v) is 13.4. The van der Waals surface area contributed by atoms with Crippen molar-refractivity contribution in [2.45, 2.75) is 39.2 Å². The molecular weight excluding hydrogens is 280 g/mol. The number of pyridine rings is 1. The van der Waals surface area contributed by atoms with Crippen molar-refractivity contribution in [2.75, 3.05) is 6.54 Å². The number of halogens is 1. The molecule has 1 aromatic carbocycles. The SMILES string of the molecule is CC1CCCC(CNCc2ccc(Cl)c3cccnc23)C1. The van der Waals surface area contributed by atoms with Gasteiger partial charge in [-0.05, 0) is 55.0 Å². The molecule has 0 saturated heterocycles. The van der Waals surface area contributed by atoms with Gasteiger partial charge < -0.3 is 5.32 Å². The molecule has 0 spiro atoms. The van der Waals surface area contributed by atoms with Crippen molar-refractivity contribution in [3.05, 3.63) is 41.0 Å². The average Bonchev–Trinajstić information content (AvgIpc) is 2.50. The second-order valence-corrected chi connectivity index (χ2v) is 6.78. The summed E-state index contributed by atoms with van der Waals surface area (Å²) in [6.07, 6.45) is 7.37. The van der Waals surface area contributed by atoms with E-state index in [1.165, 1.54) is 31.2 Å². The number of nitrogens with one attached hydrogen (secondary N) is 1. The topological polar surface area (TPSA) is 24.9 Å². The molecule has 1 aliphatic carbocycles. The lowest BCUT2D eigenvalue weighted by Gasteiger charge is -2.26. The summed E-state index contributed by atoms with van der Waals surface area (Å²) in [4.78, 5) is 4.50. The molecule has 1 fully saturated rings. The van der Waals surface area contributed by atoms with Gasteiger partial charge >= 0.3 is 0 Å². The van der Waals surface area contributed by atoms with Crippen molar-refractivity contribution >= 4 is 22.5 Å². The molecule has 2 nitrogen and oxygen atoms in total. The number of rotatable bonds is 4. The summed E-state index contributed by atoms with van der Waals surface area (Å²) >= 11 is 6.24. The van der Waals surface area contributed by atoms with Crippen molar-refractivity contribution < 1.29 is 0 Å². The third-order valence-electron chi connectivity index (χ3n) is 4.59. The molecule has 1 heterocycles. The monoisotopic (exact) mass is 302 g/mol. The van der Waals surface area contributed by atoms with E-state index in [9.17, 15) is 0 Å². The molecule has 21 heavy (non-hydrogen) atoms. The van der Waals surface area contributed by atoms with Crippen LogP contribution in [0.2, 0.25) is 5.02 Å². The number of hydrogen-bond acceptors (Lipinski definition) is 2. The summed E-state index contributed by atoms with van der Waals surface area (Å²) in [7, 11) is 0. The van der Waals surface area contributed by atoms with Gasteiger partial charge in [0, 0.05) is 23.2 Å². The molecule has 3 heteroatoms. The summed E-state index contributed by atoms with van der Waals surface area (Å²) < 4.78 is 0. The van der Waals surface area contributed by atoms with Gasteiger partial charge in [-0.2, -0.15) is 0 Å². The molecule has 1 saturated carbocycles. The fraction of sp³-hybridized carbons (Fsp3) is 0.500. The van der Waals surface area contributed by atoms with E-state index in [1.807, 2.05) is 24.4 Å². The summed E-state index contributed by atoms with van der Waals surface area (Å²) in [5.74, 6) is 1.73. The van der Waals surface area contributed by atoms with Gasteiger partial charge in [-0.3, -0.25) is 4.98 Å². The zero-order valence-electron chi connectivity index (χ0n) is 12.6. The van der Waals surface area contributed by atoms with E-state index >= 15 is 0 Å². The van der Waals surface area contributed by atoms with Crippen LogP contribution < -0.4 is 5.32 Å². The minimum absolute atomic E-state index is 0.781. The molecular formula is C18H23ClN2. The smallest absolute Gasteiger partial charge is 0.0761 e. The average molecular weight is 303 g/mol. The fourth-order valence-corrected chi connectivity index (χ4v) is 3.71. The van der Waals surface area contributed by atoms with Gasteiger partial charge in [0.25, 0.3) is 0 Å². The normalized spacial score (nSPS) is 22.6. The molecule has 112 valence electrons. The molecule has 3 rings (SSSR count). The molecule has 1 aliphatic rings. The minimum Gasteiger partial charge on any atom is -0.312 e. The predicted molar refractivity (Wildman–Crippen MR) is 89.6 cm³/mol. The molecule has 1 N–H and O–H groups in total. The van der Waals surface area contributed by atoms with Gasteiger partial charge in [0.05, 0.1) is 5.52 Å². The molecule has 0 radical (unpaired) electrons. The molecule has 2 unspecified atom stereocenters. The number of benzene rings is 1. The maximum Gasteiger partial charge on any atom is 0.0761 e. The maximum absolute atomic E-state index is 6.24. The Balaban J connectivity index is 1.64. The van der Waals surface area contributed by atoms with Gasteiger partial charge in [0.1, 0.15) is 0 Å². The second kappa shape index (κ2) is 6.76. The first-order valence-electron chi connectivity index (χ1n) is 7.97. The highest BCUT2D eigenvalue weighted by atomic mass is 35.5. The molecule has 1 aromatic heterocycles. The lowest BCUT2D eigenvalue weighted by atomic mass is 9.82. The highest BCUT2D eigenvalue weighted by Gasteiger charge is 2.18. The number of fused-ring (bicyclic) bond motifs is 1. The van der Waals surface area contributed by atoms with Crippen LogP contribution in [0, 0.1) is 11.8 Å². The van der Waals surface area contributed by atoms with E-state index in [-0.39, 0.29) is 0 Å². The van der Waals surface area contributed by atoms with E-state index < -0.39 is 0 Å². The lowest BCUT2D eigenvalue weighted by molar-refractivity contribution is 0.274. The Morgan fingerprint density at radius 3 is 3.05 bits per heavy atom. The Hall–Kier alpha value is -1.12. The van der Waals surface area contributed by atoms with E-state index in [1.54, 1.807) is 0 Å². The van der Waals surface area contributed by atoms with Crippen molar-refractivity contribution in [3.63, 3.8) is 0 Å². The van der Waals surface area contributed by atoms with Crippen LogP contribution in [0.1, 0.15) is 38.2 Å². The summed E-state index contributed by atoms with van der Waals surface area (Å²) in [5.41, 5.74) is 2.26. The second-order valence-electron chi connectivity index (χ2n) is 6.37. The van der Waals surface area contributed by atoms with Gasteiger partial charge in [0.15, 0.2) is 0 Å². The predicted octanol–water partition coefficient (Wildman–Crippen LogP) is 4.80. The third kappa shape index (κ3) is 3.56. The zero-order chi connectivity index (χ0) is 14.7. The van der Waals surface area contributed by atoms with E-state index in [0.717, 1.165) is 40.9 Å². The van der Waals surface area contributed by atoms with Crippen molar-refractivity contribution in [2.24, 2.45) is 11.8 Å². The summed E-state index contributed by atoms with van der Waals surface area (Å²) in [5, 5.41) is 5.45. The van der Waals surface area contributed by atoms with E-state index in [2.05, 4.69) is 23.3 Å². The van der Waals surface area contributed by atoms with Crippen molar-refractivity contribution in [3.8, 4) is 0 Å². The van der Waals surface area contributed by atoms with Crippen LogP contribution in [0.4, 0.5) is 0 Å². The van der Waals surface area contributed by atoms with Gasteiger partial charge in [0.2, 0.25) is 0 Å². The largest absolute Gasteiger partial charge is 0.312 e. The van der Waals surface area contributed by atoms with Crippen molar-refractivity contribution in [1.82, 2.24) is 10.3 Å². The Bertz CT molecular complexity index is 611. The molecule has 2 atom stereocenters. The van der Waals surface area contributed by atoms with E-state index in [4.69, 9.17) is 11.6 Å². The van der Waals surface area contributed by atoms with Crippen LogP contribution in [-0.4, -0.2) is 11.5 Å². The summed E-state index contributed by atoms with van der Waals surface area (Å²) in [6.45, 7) is 4.36. The number of aromatic nitrogens is 1. The summed E-state index contributed by atoms with van der Waals surface area (Å²) in [6, 6.07) is 8.05. The van der Waals surface area contributed by atoms with Crippen LogP contribution in [0.25, 0.3) is 10.9 Å². The Kier molecular flexibility index (Phi) is 4.77. The Morgan fingerprint density at radius 1 is 1.29 bits per heavy atom. The fourth-order valence-electron chi connectivity index (χ4n) is 3.50. The molecule has 0 aliphatic heterocycles. The molecule has 2 aromatic rings. The maximum atomic E-state index is 6.24. The van der Waals surface area contributed by atoms with Crippen LogP contribution in [-0.2, 0) is 6.54 Å².